The number of hydrogen-bond donors (Lipinski definition) is 1. The second-order valence-electron chi connectivity index (χ2n) is 5.56. The van der Waals surface area contributed by atoms with E-state index < -0.39 is 0 Å². The molecule has 1 aromatic rings. The molecule has 1 aliphatic heterocycles. The van der Waals surface area contributed by atoms with Crippen LogP contribution in [0.4, 0.5) is 0 Å². The van der Waals surface area contributed by atoms with Gasteiger partial charge >= 0.3 is 0 Å². The highest BCUT2D eigenvalue weighted by molar-refractivity contribution is 8.13. The normalized spacial score (nSPS) is 22.5. The van der Waals surface area contributed by atoms with E-state index in [2.05, 4.69) is 56.4 Å². The van der Waals surface area contributed by atoms with Gasteiger partial charge in [-0.25, -0.2) is 0 Å². The predicted octanol–water partition coefficient (Wildman–Crippen LogP) is 3.65. The quantitative estimate of drug-likeness (QED) is 0.899. The lowest BCUT2D eigenvalue weighted by atomic mass is 10.0. The van der Waals surface area contributed by atoms with Gasteiger partial charge in [-0.15, -0.1) is 0 Å². The van der Waals surface area contributed by atoms with E-state index in [1.165, 1.54) is 17.7 Å². The lowest BCUT2D eigenvalue weighted by molar-refractivity contribution is 0.446. The van der Waals surface area contributed by atoms with Gasteiger partial charge in [-0.2, -0.15) is 0 Å². The van der Waals surface area contributed by atoms with Crippen molar-refractivity contribution in [2.24, 2.45) is 4.99 Å². The molecular weight excluding hydrogens is 240 g/mol. The Labute approximate surface area is 114 Å². The second-order valence-corrected chi connectivity index (χ2v) is 6.65. The van der Waals surface area contributed by atoms with Crippen LogP contribution in [0.1, 0.15) is 38.7 Å². The Balaban J connectivity index is 1.94. The summed E-state index contributed by atoms with van der Waals surface area (Å²) in [5.41, 5.74) is 1.56. The molecule has 2 nitrogen and oxygen atoms in total. The van der Waals surface area contributed by atoms with Gasteiger partial charge in [0.1, 0.15) is 0 Å². The number of nitrogens with one attached hydrogen (secondary N) is 1. The van der Waals surface area contributed by atoms with Gasteiger partial charge in [0.25, 0.3) is 0 Å². The van der Waals surface area contributed by atoms with Crippen molar-refractivity contribution in [2.45, 2.75) is 38.6 Å². The Morgan fingerprint density at radius 3 is 2.72 bits per heavy atom. The third-order valence-corrected chi connectivity index (χ3v) is 4.20. The van der Waals surface area contributed by atoms with E-state index in [1.54, 1.807) is 0 Å². The third-order valence-electron chi connectivity index (χ3n) is 3.29. The first kappa shape index (κ1) is 13.5. The van der Waals surface area contributed by atoms with E-state index in [0.717, 1.165) is 11.7 Å². The van der Waals surface area contributed by atoms with Crippen LogP contribution in [0.3, 0.4) is 0 Å². The van der Waals surface area contributed by atoms with E-state index in [0.29, 0.717) is 5.92 Å². The van der Waals surface area contributed by atoms with Crippen LogP contribution < -0.4 is 5.32 Å². The largest absolute Gasteiger partial charge is 0.360 e. The van der Waals surface area contributed by atoms with Crippen molar-refractivity contribution >= 4 is 16.9 Å². The van der Waals surface area contributed by atoms with E-state index >= 15 is 0 Å². The number of thioether (sulfide) groups is 1. The maximum atomic E-state index is 4.72. The molecule has 2 rings (SSSR count). The summed E-state index contributed by atoms with van der Waals surface area (Å²) < 4.78 is 0. The molecule has 1 aliphatic rings. The smallest absolute Gasteiger partial charge is 0.156 e. The topological polar surface area (TPSA) is 24.4 Å². The molecule has 18 heavy (non-hydrogen) atoms. The molecule has 98 valence electrons. The summed E-state index contributed by atoms with van der Waals surface area (Å²) in [6.45, 7) is 7.57. The fourth-order valence-electron chi connectivity index (χ4n) is 1.98. The van der Waals surface area contributed by atoms with Crippen LogP contribution in [-0.4, -0.2) is 23.0 Å². The van der Waals surface area contributed by atoms with Crippen LogP contribution in [0, 0.1) is 0 Å². The van der Waals surface area contributed by atoms with Gasteiger partial charge in [0.05, 0.1) is 0 Å². The lowest BCUT2D eigenvalue weighted by Crippen LogP contribution is -2.46. The number of benzene rings is 1. The monoisotopic (exact) mass is 262 g/mol. The van der Waals surface area contributed by atoms with Gasteiger partial charge in [-0.3, -0.25) is 4.99 Å². The molecule has 0 amide bonds. The summed E-state index contributed by atoms with van der Waals surface area (Å²) in [5.74, 6) is 1.64. The average molecular weight is 262 g/mol. The molecule has 1 aromatic carbocycles. The van der Waals surface area contributed by atoms with Gasteiger partial charge in [0.2, 0.25) is 0 Å². The fraction of sp³-hybridized carbons (Fsp3) is 0.533. The molecule has 0 bridgehead atoms. The lowest BCUT2D eigenvalue weighted by Gasteiger charge is -2.32. The summed E-state index contributed by atoms with van der Waals surface area (Å²) in [6.07, 6.45) is 1.20. The molecule has 0 saturated carbocycles. The molecule has 0 radical (unpaired) electrons. The molecule has 1 atom stereocenters. The van der Waals surface area contributed by atoms with Crippen LogP contribution in [0.15, 0.2) is 35.3 Å². The minimum absolute atomic E-state index is 0.195. The van der Waals surface area contributed by atoms with Crippen molar-refractivity contribution in [3.8, 4) is 0 Å². The zero-order valence-corrected chi connectivity index (χ0v) is 12.3. The number of aliphatic imine (C=N–C) groups is 1. The predicted molar refractivity (Wildman–Crippen MR) is 81.4 cm³/mol. The molecule has 0 aromatic heterocycles. The third kappa shape index (κ3) is 3.77. The maximum Gasteiger partial charge on any atom is 0.156 e. The Hall–Kier alpha value is -0.960. The van der Waals surface area contributed by atoms with E-state index in [9.17, 15) is 0 Å². The first-order valence-corrected chi connectivity index (χ1v) is 7.56. The van der Waals surface area contributed by atoms with Crippen LogP contribution in [-0.2, 0) is 0 Å². The Kier molecular flexibility index (Phi) is 4.33. The summed E-state index contributed by atoms with van der Waals surface area (Å²) in [4.78, 5) is 4.72. The fourth-order valence-corrected chi connectivity index (χ4v) is 3.30. The highest BCUT2D eigenvalue weighted by Gasteiger charge is 2.24. The molecule has 0 aliphatic carbocycles. The van der Waals surface area contributed by atoms with Crippen molar-refractivity contribution in [2.75, 3.05) is 12.3 Å². The minimum Gasteiger partial charge on any atom is -0.360 e. The second kappa shape index (κ2) is 5.79. The SMILES string of the molecule is CC(CN=C1NC(C)(C)CCS1)c1ccccc1. The number of rotatable bonds is 3. The summed E-state index contributed by atoms with van der Waals surface area (Å²) >= 11 is 1.84. The first-order chi connectivity index (χ1) is 8.57. The zero-order chi connectivity index (χ0) is 13.0. The van der Waals surface area contributed by atoms with Crippen molar-refractivity contribution in [3.05, 3.63) is 35.9 Å². The molecule has 3 heteroatoms. The zero-order valence-electron chi connectivity index (χ0n) is 11.4. The van der Waals surface area contributed by atoms with E-state index in [4.69, 9.17) is 4.99 Å². The standard InChI is InChI=1S/C15H22N2S/c1-12(13-7-5-4-6-8-13)11-16-14-17-15(2,3)9-10-18-14/h4-8,12H,9-11H2,1-3H3,(H,16,17). The first-order valence-electron chi connectivity index (χ1n) is 6.57. The molecule has 1 heterocycles. The van der Waals surface area contributed by atoms with Crippen LogP contribution in [0.2, 0.25) is 0 Å². The van der Waals surface area contributed by atoms with Gasteiger partial charge in [0, 0.05) is 23.8 Å². The van der Waals surface area contributed by atoms with Crippen LogP contribution >= 0.6 is 11.8 Å². The molecule has 1 saturated heterocycles. The number of hydrogen-bond acceptors (Lipinski definition) is 2. The molecule has 1 N–H and O–H groups in total. The van der Waals surface area contributed by atoms with Crippen molar-refractivity contribution in [3.63, 3.8) is 0 Å². The summed E-state index contributed by atoms with van der Waals surface area (Å²) in [6, 6.07) is 10.6. The number of amidine groups is 1. The molecular formula is C15H22N2S. The van der Waals surface area contributed by atoms with Crippen molar-refractivity contribution in [1.29, 1.82) is 0 Å². The average Bonchev–Trinajstić information content (AvgIpc) is 2.36. The van der Waals surface area contributed by atoms with Gasteiger partial charge < -0.3 is 5.32 Å². The summed E-state index contributed by atoms with van der Waals surface area (Å²) in [7, 11) is 0. The Bertz CT molecular complexity index is 412. The Morgan fingerprint density at radius 2 is 2.06 bits per heavy atom. The van der Waals surface area contributed by atoms with Crippen LogP contribution in [0.5, 0.6) is 0 Å². The van der Waals surface area contributed by atoms with Gasteiger partial charge in [-0.1, -0.05) is 49.0 Å². The minimum atomic E-state index is 0.195. The highest BCUT2D eigenvalue weighted by Crippen LogP contribution is 2.22. The highest BCUT2D eigenvalue weighted by atomic mass is 32.2. The molecule has 0 spiro atoms. The van der Waals surface area contributed by atoms with E-state index in [-0.39, 0.29) is 5.54 Å². The molecule has 1 unspecified atom stereocenters. The summed E-state index contributed by atoms with van der Waals surface area (Å²) in [5, 5.41) is 4.62. The van der Waals surface area contributed by atoms with E-state index in [1.807, 2.05) is 11.8 Å². The van der Waals surface area contributed by atoms with Gasteiger partial charge in [-0.05, 0) is 25.8 Å². The maximum absolute atomic E-state index is 4.72. The number of nitrogens with zero attached hydrogens (tertiary/aromatic N) is 1. The van der Waals surface area contributed by atoms with Crippen LogP contribution in [0.25, 0.3) is 0 Å². The van der Waals surface area contributed by atoms with Crippen molar-refractivity contribution < 1.29 is 0 Å². The van der Waals surface area contributed by atoms with Crippen molar-refractivity contribution in [1.82, 2.24) is 5.32 Å². The van der Waals surface area contributed by atoms with Gasteiger partial charge in [0.15, 0.2) is 5.17 Å². The Morgan fingerprint density at radius 1 is 1.33 bits per heavy atom. The molecule has 1 fully saturated rings.